The standard InChI is InChI=1S/C23H34F2N2/c1-17(13-20-10-11-21(24)14-23(20)25)15-26-16-22-9-6-12-27(22)18(2)19-7-4-3-5-8-19/h10-11,13-14,18-19,22,26H,3-9,12,15-16H2,1-2H3/t18-,22?/m0/s1. The lowest BCUT2D eigenvalue weighted by Crippen LogP contribution is -2.46. The third-order valence-electron chi connectivity index (χ3n) is 6.43. The van der Waals surface area contributed by atoms with Gasteiger partial charge in [0.25, 0.3) is 0 Å². The predicted octanol–water partition coefficient (Wildman–Crippen LogP) is 5.39. The Morgan fingerprint density at radius 3 is 2.70 bits per heavy atom. The van der Waals surface area contributed by atoms with Crippen LogP contribution < -0.4 is 5.32 Å². The number of likely N-dealkylation sites (tertiary alicyclic amines) is 1. The van der Waals surface area contributed by atoms with Gasteiger partial charge in [0.15, 0.2) is 0 Å². The maximum absolute atomic E-state index is 13.8. The summed E-state index contributed by atoms with van der Waals surface area (Å²) in [6.45, 7) is 7.36. The molecule has 1 saturated carbocycles. The predicted molar refractivity (Wildman–Crippen MR) is 109 cm³/mol. The zero-order chi connectivity index (χ0) is 19.2. The van der Waals surface area contributed by atoms with Gasteiger partial charge in [-0.25, -0.2) is 8.78 Å². The van der Waals surface area contributed by atoms with Crippen LogP contribution >= 0.6 is 0 Å². The van der Waals surface area contributed by atoms with Crippen LogP contribution in [0.2, 0.25) is 0 Å². The molecule has 0 spiro atoms. The highest BCUT2D eigenvalue weighted by Gasteiger charge is 2.32. The van der Waals surface area contributed by atoms with E-state index in [0.717, 1.165) is 30.6 Å². The van der Waals surface area contributed by atoms with Crippen LogP contribution in [0.4, 0.5) is 8.78 Å². The van der Waals surface area contributed by atoms with Gasteiger partial charge in [-0.05, 0) is 64.1 Å². The average molecular weight is 377 g/mol. The molecule has 0 bridgehead atoms. The number of hydrogen-bond donors (Lipinski definition) is 1. The number of rotatable bonds is 7. The zero-order valence-electron chi connectivity index (χ0n) is 16.8. The van der Waals surface area contributed by atoms with Crippen LogP contribution in [-0.4, -0.2) is 36.6 Å². The fourth-order valence-electron chi connectivity index (χ4n) is 4.87. The summed E-state index contributed by atoms with van der Waals surface area (Å²) in [5.41, 5.74) is 1.51. The minimum absolute atomic E-state index is 0.448. The van der Waals surface area contributed by atoms with Gasteiger partial charge in [-0.2, -0.15) is 0 Å². The maximum atomic E-state index is 13.8. The Morgan fingerprint density at radius 1 is 1.19 bits per heavy atom. The van der Waals surface area contributed by atoms with E-state index >= 15 is 0 Å². The van der Waals surface area contributed by atoms with Gasteiger partial charge >= 0.3 is 0 Å². The number of nitrogens with one attached hydrogen (secondary N) is 1. The fraction of sp³-hybridized carbons (Fsp3) is 0.652. The molecule has 2 fully saturated rings. The normalized spacial score (nSPS) is 23.7. The molecule has 1 saturated heterocycles. The molecule has 1 aromatic carbocycles. The first-order valence-electron chi connectivity index (χ1n) is 10.6. The quantitative estimate of drug-likeness (QED) is 0.686. The summed E-state index contributed by atoms with van der Waals surface area (Å²) in [6, 6.07) is 5.04. The topological polar surface area (TPSA) is 15.3 Å². The molecule has 1 N–H and O–H groups in total. The first kappa shape index (κ1) is 20.5. The van der Waals surface area contributed by atoms with Crippen molar-refractivity contribution in [3.05, 3.63) is 41.0 Å². The van der Waals surface area contributed by atoms with E-state index in [-0.39, 0.29) is 0 Å². The second-order valence-electron chi connectivity index (χ2n) is 8.46. The molecule has 1 aromatic rings. The summed E-state index contributed by atoms with van der Waals surface area (Å²) >= 11 is 0. The monoisotopic (exact) mass is 376 g/mol. The summed E-state index contributed by atoms with van der Waals surface area (Å²) in [5, 5.41) is 3.56. The van der Waals surface area contributed by atoms with Crippen molar-refractivity contribution >= 4 is 6.08 Å². The fourth-order valence-corrected chi connectivity index (χ4v) is 4.87. The van der Waals surface area contributed by atoms with E-state index in [4.69, 9.17) is 0 Å². The van der Waals surface area contributed by atoms with Gasteiger partial charge in [-0.3, -0.25) is 4.90 Å². The van der Waals surface area contributed by atoms with E-state index in [2.05, 4.69) is 17.1 Å². The van der Waals surface area contributed by atoms with Gasteiger partial charge in [0.2, 0.25) is 0 Å². The average Bonchev–Trinajstić information content (AvgIpc) is 3.12. The van der Waals surface area contributed by atoms with Crippen LogP contribution in [0.15, 0.2) is 23.8 Å². The van der Waals surface area contributed by atoms with E-state index < -0.39 is 11.6 Å². The third kappa shape index (κ3) is 5.61. The van der Waals surface area contributed by atoms with Crippen molar-refractivity contribution in [2.45, 2.75) is 70.9 Å². The zero-order valence-corrected chi connectivity index (χ0v) is 16.8. The molecule has 0 radical (unpaired) electrons. The lowest BCUT2D eigenvalue weighted by molar-refractivity contribution is 0.117. The Bertz CT molecular complexity index is 637. The molecule has 3 rings (SSSR count). The molecule has 0 amide bonds. The molecule has 4 heteroatoms. The van der Waals surface area contributed by atoms with Crippen molar-refractivity contribution in [3.8, 4) is 0 Å². The molecule has 0 aromatic heterocycles. The van der Waals surface area contributed by atoms with Gasteiger partial charge in [0.05, 0.1) is 0 Å². The third-order valence-corrected chi connectivity index (χ3v) is 6.43. The van der Waals surface area contributed by atoms with Crippen molar-refractivity contribution in [1.29, 1.82) is 0 Å². The first-order chi connectivity index (χ1) is 13.0. The van der Waals surface area contributed by atoms with Crippen LogP contribution in [0.25, 0.3) is 6.08 Å². The molecule has 1 heterocycles. The van der Waals surface area contributed by atoms with Gasteiger partial charge in [-0.15, -0.1) is 0 Å². The van der Waals surface area contributed by atoms with E-state index in [1.54, 1.807) is 6.08 Å². The minimum Gasteiger partial charge on any atom is -0.311 e. The molecule has 1 aliphatic heterocycles. The summed E-state index contributed by atoms with van der Waals surface area (Å²) in [5.74, 6) is -0.172. The highest BCUT2D eigenvalue weighted by molar-refractivity contribution is 5.53. The molecular weight excluding hydrogens is 342 g/mol. The van der Waals surface area contributed by atoms with Crippen LogP contribution in [-0.2, 0) is 0 Å². The highest BCUT2D eigenvalue weighted by atomic mass is 19.1. The molecule has 2 nitrogen and oxygen atoms in total. The van der Waals surface area contributed by atoms with E-state index in [1.165, 1.54) is 63.6 Å². The van der Waals surface area contributed by atoms with Crippen LogP contribution in [0.3, 0.4) is 0 Å². The largest absolute Gasteiger partial charge is 0.311 e. The molecule has 2 aliphatic rings. The van der Waals surface area contributed by atoms with Crippen LogP contribution in [0.5, 0.6) is 0 Å². The van der Waals surface area contributed by atoms with Gasteiger partial charge in [0.1, 0.15) is 11.6 Å². The smallest absolute Gasteiger partial charge is 0.133 e. The number of hydrogen-bond acceptors (Lipinski definition) is 2. The van der Waals surface area contributed by atoms with Crippen molar-refractivity contribution in [1.82, 2.24) is 10.2 Å². The minimum atomic E-state index is -0.533. The number of benzene rings is 1. The molecule has 2 atom stereocenters. The summed E-state index contributed by atoms with van der Waals surface area (Å²) in [4.78, 5) is 2.72. The summed E-state index contributed by atoms with van der Waals surface area (Å²) < 4.78 is 26.8. The molecule has 1 unspecified atom stereocenters. The van der Waals surface area contributed by atoms with E-state index in [9.17, 15) is 8.78 Å². The van der Waals surface area contributed by atoms with Crippen LogP contribution in [0, 0.1) is 17.6 Å². The Kier molecular flexibility index (Phi) is 7.42. The summed E-state index contributed by atoms with van der Waals surface area (Å²) in [7, 11) is 0. The van der Waals surface area contributed by atoms with Crippen molar-refractivity contribution in [3.63, 3.8) is 0 Å². The van der Waals surface area contributed by atoms with Crippen molar-refractivity contribution < 1.29 is 8.78 Å². The SMILES string of the molecule is CC(=Cc1ccc(F)cc1F)CNCC1CCCN1[C@@H](C)C1CCCCC1. The van der Waals surface area contributed by atoms with Gasteiger partial charge in [0, 0.05) is 36.8 Å². The lowest BCUT2D eigenvalue weighted by atomic mass is 9.84. The van der Waals surface area contributed by atoms with Gasteiger partial charge in [-0.1, -0.05) is 30.9 Å². The Hall–Kier alpha value is -1.26. The van der Waals surface area contributed by atoms with Crippen molar-refractivity contribution in [2.75, 3.05) is 19.6 Å². The molecule has 1 aliphatic carbocycles. The lowest BCUT2D eigenvalue weighted by Gasteiger charge is -2.38. The van der Waals surface area contributed by atoms with E-state index in [1.807, 2.05) is 6.92 Å². The Morgan fingerprint density at radius 2 is 1.96 bits per heavy atom. The summed E-state index contributed by atoms with van der Waals surface area (Å²) in [6.07, 6.45) is 11.4. The number of halogens is 2. The number of nitrogens with zero attached hydrogens (tertiary/aromatic N) is 1. The second-order valence-corrected chi connectivity index (χ2v) is 8.46. The molecule has 27 heavy (non-hydrogen) atoms. The first-order valence-corrected chi connectivity index (χ1v) is 10.6. The van der Waals surface area contributed by atoms with E-state index in [0.29, 0.717) is 17.6 Å². The maximum Gasteiger partial charge on any atom is 0.133 e. The Balaban J connectivity index is 1.49. The Labute approximate surface area is 163 Å². The second kappa shape index (κ2) is 9.79. The van der Waals surface area contributed by atoms with Crippen molar-refractivity contribution in [2.24, 2.45) is 5.92 Å². The molecule has 150 valence electrons. The molecular formula is C23H34F2N2. The van der Waals surface area contributed by atoms with Crippen LogP contribution in [0.1, 0.15) is 64.4 Å². The highest BCUT2D eigenvalue weighted by Crippen LogP contribution is 2.32. The van der Waals surface area contributed by atoms with Gasteiger partial charge < -0.3 is 5.32 Å².